The van der Waals surface area contributed by atoms with E-state index in [4.69, 9.17) is 5.11 Å². The van der Waals surface area contributed by atoms with Gasteiger partial charge >= 0.3 is 5.97 Å². The molecular weight excluding hydrogens is 256 g/mol. The quantitative estimate of drug-likeness (QED) is 0.290. The lowest BCUT2D eigenvalue weighted by molar-refractivity contribution is -0.137. The molecule has 2 heteroatoms. The van der Waals surface area contributed by atoms with E-state index in [1.165, 1.54) is 83.5 Å². The summed E-state index contributed by atoms with van der Waals surface area (Å²) in [6, 6.07) is 0. The molecule has 0 aromatic rings. The molecule has 0 saturated heterocycles. The Balaban J connectivity index is 1.79. The summed E-state index contributed by atoms with van der Waals surface area (Å²) in [5.74, 6) is 0.386. The number of hydrogen-bond donors (Lipinski definition) is 1. The van der Waals surface area contributed by atoms with E-state index < -0.39 is 5.97 Å². The average molecular weight is 290 g/mol. The molecule has 0 amide bonds. The Morgan fingerprint density at radius 3 is 1.80 bits per heavy atom. The van der Waals surface area contributed by atoms with Crippen LogP contribution in [0, 0.1) is 5.92 Å². The average Bonchev–Trinajstić information content (AvgIpc) is 2.69. The van der Waals surface area contributed by atoms with Crippen molar-refractivity contribution in [2.45, 2.75) is 103 Å². The van der Waals surface area contributed by atoms with Crippen molar-refractivity contribution in [3.63, 3.8) is 0 Å². The molecule has 118 valence electrons. The molecule has 1 aliphatic carbocycles. The van der Waals surface area contributed by atoms with Gasteiger partial charge in [-0.05, 0) is 12.3 Å². The summed E-state index contributed by atoms with van der Waals surface area (Å²) < 4.78 is 0. The molecule has 1 fully saturated rings. The van der Waals surface area contributed by atoms with Gasteiger partial charge in [0.25, 0.3) is 0 Å². The Labute approximate surface area is 125 Å². The van der Waals surface area contributed by atoms with Gasteiger partial charge in [0.15, 0.2) is 0 Å². The number of aliphatic carboxylic acids is 1. The van der Waals surface area contributed by atoms with Crippen LogP contribution in [0.15, 0.2) is 0 Å². The highest BCUT2D eigenvalue weighted by Gasteiger charge is 2.11. The van der Waals surface area contributed by atoms with Gasteiger partial charge in [-0.2, -0.15) is 0 Å². The van der Waals surface area contributed by atoms with Crippen LogP contribution in [0.2, 0.25) is 0 Å². The van der Waals surface area contributed by atoms with E-state index in [1.807, 2.05) is 0 Å². The number of hydrogen-bond acceptors (Lipinski definition) is 1. The van der Waals surface area contributed by atoms with Crippen molar-refractivity contribution in [3.8, 4) is 0 Å². The summed E-state index contributed by atoms with van der Waals surface area (Å²) in [5, 5.41) is 8.54. The Bertz CT molecular complexity index is 230. The van der Waals surface area contributed by atoms with Crippen LogP contribution in [-0.4, -0.2) is 11.1 Å². The van der Waals surface area contributed by atoms with Crippen molar-refractivity contribution in [2.24, 2.45) is 5.92 Å². The van der Waals surface area contributed by atoms with Crippen molar-refractivity contribution in [1.82, 2.24) is 0 Å². The molecule has 0 spiro atoms. The highest BCUT2D eigenvalue weighted by Crippen LogP contribution is 2.27. The number of carbonyl (C=O) groups is 1. The van der Waals surface area contributed by atoms with Crippen LogP contribution in [0.3, 0.4) is 0 Å². The monoisotopic (exact) mass is 290 g/mol. The first-order chi connectivity index (χ1) is 9.79. The first-order valence-corrected chi connectivity index (χ1v) is 9.01. The van der Waals surface area contributed by atoms with Crippen LogP contribution in [0.5, 0.6) is 0 Å². The maximum Gasteiger partial charge on any atom is 0.303 e. The van der Waals surface area contributed by atoms with Crippen LogP contribution < -0.4 is 0 Å². The van der Waals surface area contributed by atoms with Crippen molar-refractivity contribution in [1.29, 1.82) is 0 Å². The third-order valence-electron chi connectivity index (χ3n) is 4.73. The first kappa shape index (κ1) is 17.5. The maximum atomic E-state index is 10.4. The standard InChI is InChI=1S/C18H34O2/c19-18(20)16-12-6-4-2-1-3-5-9-13-17-14-10-7-8-11-15-17/h17H,1-16H2,(H,19,20)/i1+1,4+1,5+1,7+1,12+1,13+1,14+1,18+1. The van der Waals surface area contributed by atoms with Crippen molar-refractivity contribution >= 4 is 5.97 Å². The summed E-state index contributed by atoms with van der Waals surface area (Å²) in [7, 11) is 0. The lowest BCUT2D eigenvalue weighted by Gasteiger charge is -2.13. The number of carboxylic acids is 1. The lowest BCUT2D eigenvalue weighted by atomic mass is 10.2. The van der Waals surface area contributed by atoms with E-state index >= 15 is 0 Å². The number of unbranched alkanes of at least 4 members (excludes halogenated alkanes) is 7. The molecule has 1 atom stereocenters. The highest BCUT2D eigenvalue weighted by molar-refractivity contribution is 5.66. The minimum atomic E-state index is -0.650. The molecule has 0 bridgehead atoms. The minimum absolute atomic E-state index is 0.349. The fourth-order valence-corrected chi connectivity index (χ4v) is 3.42. The van der Waals surface area contributed by atoms with E-state index in [0.29, 0.717) is 6.42 Å². The van der Waals surface area contributed by atoms with Crippen LogP contribution in [0.4, 0.5) is 0 Å². The van der Waals surface area contributed by atoms with Gasteiger partial charge in [-0.15, -0.1) is 0 Å². The number of rotatable bonds is 11. The predicted octanol–water partition coefficient (Wildman–Crippen LogP) is 5.94. The Morgan fingerprint density at radius 2 is 1.25 bits per heavy atom. The van der Waals surface area contributed by atoms with E-state index in [0.717, 1.165) is 18.8 Å². The molecule has 0 aromatic heterocycles. The van der Waals surface area contributed by atoms with Crippen LogP contribution in [0.1, 0.15) is 103 Å². The summed E-state index contributed by atoms with van der Waals surface area (Å²) in [4.78, 5) is 10.4. The van der Waals surface area contributed by atoms with Gasteiger partial charge in [0, 0.05) is 6.42 Å². The third-order valence-corrected chi connectivity index (χ3v) is 4.73. The molecule has 1 rings (SSSR count). The van der Waals surface area contributed by atoms with Gasteiger partial charge in [0.1, 0.15) is 0 Å². The lowest BCUT2D eigenvalue weighted by Crippen LogP contribution is -1.98. The molecule has 20 heavy (non-hydrogen) atoms. The topological polar surface area (TPSA) is 37.3 Å². The molecule has 1 aliphatic rings. The first-order valence-electron chi connectivity index (χ1n) is 9.01. The minimum Gasteiger partial charge on any atom is -0.481 e. The molecule has 1 saturated carbocycles. The van der Waals surface area contributed by atoms with Crippen LogP contribution in [-0.2, 0) is 4.79 Å². The smallest absolute Gasteiger partial charge is 0.303 e. The summed E-state index contributed by atoms with van der Waals surface area (Å²) >= 11 is 0. The Kier molecular flexibility index (Phi) is 10.7. The zero-order chi connectivity index (χ0) is 14.5. The molecule has 0 heterocycles. The normalized spacial score (nSPS) is 19.7. The SMILES string of the molecule is O=[13C](O)C[13CH2]C[13CH2]C[13CH2]C[13CH2]C[13CH2]C1CCC[13CH2]C[13CH2]1. The van der Waals surface area contributed by atoms with Gasteiger partial charge in [0.2, 0.25) is 0 Å². The molecule has 1 unspecified atom stereocenters. The van der Waals surface area contributed by atoms with Gasteiger partial charge in [0.05, 0.1) is 0 Å². The Hall–Kier alpha value is -0.530. The maximum absolute atomic E-state index is 10.4. The zero-order valence-corrected chi connectivity index (χ0v) is 13.2. The molecule has 0 aromatic carbocycles. The van der Waals surface area contributed by atoms with Crippen LogP contribution >= 0.6 is 0 Å². The second-order valence-corrected chi connectivity index (χ2v) is 6.62. The van der Waals surface area contributed by atoms with Gasteiger partial charge < -0.3 is 5.11 Å². The largest absolute Gasteiger partial charge is 0.481 e. The summed E-state index contributed by atoms with van der Waals surface area (Å²) in [5.41, 5.74) is 0. The van der Waals surface area contributed by atoms with Gasteiger partial charge in [-0.3, -0.25) is 4.79 Å². The summed E-state index contributed by atoms with van der Waals surface area (Å²) in [6.07, 6.45) is 20.7. The zero-order valence-electron chi connectivity index (χ0n) is 13.2. The second kappa shape index (κ2) is 12.2. The second-order valence-electron chi connectivity index (χ2n) is 6.62. The van der Waals surface area contributed by atoms with E-state index in [2.05, 4.69) is 0 Å². The fraction of sp³-hybridized carbons (Fsp3) is 0.944. The van der Waals surface area contributed by atoms with Crippen LogP contribution in [0.25, 0.3) is 0 Å². The van der Waals surface area contributed by atoms with E-state index in [-0.39, 0.29) is 0 Å². The predicted molar refractivity (Wildman–Crippen MR) is 85.0 cm³/mol. The number of carboxylic acid groups (broad SMARTS) is 1. The molecule has 0 radical (unpaired) electrons. The van der Waals surface area contributed by atoms with Gasteiger partial charge in [-0.1, -0.05) is 89.9 Å². The van der Waals surface area contributed by atoms with Crippen molar-refractivity contribution in [2.75, 3.05) is 0 Å². The van der Waals surface area contributed by atoms with Crippen molar-refractivity contribution in [3.05, 3.63) is 0 Å². The molecular formula is C18H34O2. The third kappa shape index (κ3) is 10.3. The Morgan fingerprint density at radius 1 is 0.750 bits per heavy atom. The summed E-state index contributed by atoms with van der Waals surface area (Å²) in [6.45, 7) is 0. The van der Waals surface area contributed by atoms with Crippen molar-refractivity contribution < 1.29 is 9.90 Å². The van der Waals surface area contributed by atoms with Gasteiger partial charge in [-0.25, -0.2) is 0 Å². The molecule has 1 N–H and O–H groups in total. The highest BCUT2D eigenvalue weighted by atomic mass is 16.5. The van der Waals surface area contributed by atoms with E-state index in [1.54, 1.807) is 0 Å². The molecule has 0 aliphatic heterocycles. The van der Waals surface area contributed by atoms with E-state index in [9.17, 15) is 4.79 Å². The fourth-order valence-electron chi connectivity index (χ4n) is 3.42. The molecule has 2 nitrogen and oxygen atoms in total.